The summed E-state index contributed by atoms with van der Waals surface area (Å²) in [5.74, 6) is 0.490. The third-order valence-corrected chi connectivity index (χ3v) is 5.59. The Bertz CT molecular complexity index is 916. The minimum absolute atomic E-state index is 0.0169. The molecule has 27 heavy (non-hydrogen) atoms. The largest absolute Gasteiger partial charge is 0.455 e. The second-order valence-electron chi connectivity index (χ2n) is 6.74. The fourth-order valence-corrected chi connectivity index (χ4v) is 3.90. The van der Waals surface area contributed by atoms with Crippen molar-refractivity contribution < 1.29 is 13.9 Å². The Kier molecular flexibility index (Phi) is 5.07. The normalized spacial score (nSPS) is 15.6. The van der Waals surface area contributed by atoms with Crippen LogP contribution < -0.4 is 0 Å². The van der Waals surface area contributed by atoms with Crippen LogP contribution in [0.5, 0.6) is 0 Å². The summed E-state index contributed by atoms with van der Waals surface area (Å²) in [5.41, 5.74) is 1.28. The van der Waals surface area contributed by atoms with Crippen molar-refractivity contribution in [3.8, 4) is 11.5 Å². The van der Waals surface area contributed by atoms with Crippen LogP contribution in [0.2, 0.25) is 0 Å². The molecule has 1 aromatic heterocycles. The first kappa shape index (κ1) is 17.9. The summed E-state index contributed by atoms with van der Waals surface area (Å²) >= 11 is 3.40. The van der Waals surface area contributed by atoms with Crippen molar-refractivity contribution in [2.45, 2.75) is 37.7 Å². The van der Waals surface area contributed by atoms with Gasteiger partial charge in [-0.2, -0.15) is 0 Å². The predicted molar refractivity (Wildman–Crippen MR) is 104 cm³/mol. The molecule has 2 aromatic carbocycles. The summed E-state index contributed by atoms with van der Waals surface area (Å²) in [6.07, 6.45) is 3.67. The number of hydrogen-bond donors (Lipinski definition) is 0. The Labute approximate surface area is 165 Å². The molecule has 1 saturated carbocycles. The van der Waals surface area contributed by atoms with Crippen LogP contribution in [0.15, 0.2) is 63.5 Å². The van der Waals surface area contributed by atoms with Crippen molar-refractivity contribution >= 4 is 21.9 Å². The van der Waals surface area contributed by atoms with E-state index in [0.717, 1.165) is 41.3 Å². The molecule has 5 nitrogen and oxygen atoms in total. The lowest BCUT2D eigenvalue weighted by Gasteiger charge is -2.26. The van der Waals surface area contributed by atoms with Gasteiger partial charge in [-0.05, 0) is 42.7 Å². The van der Waals surface area contributed by atoms with Crippen LogP contribution in [0.3, 0.4) is 0 Å². The molecule has 1 aliphatic carbocycles. The molecule has 3 aromatic rings. The van der Waals surface area contributed by atoms with Crippen molar-refractivity contribution in [2.75, 3.05) is 0 Å². The quantitative estimate of drug-likeness (QED) is 0.533. The Hall–Kier alpha value is -2.47. The first-order chi connectivity index (χ1) is 13.2. The summed E-state index contributed by atoms with van der Waals surface area (Å²) in [6.45, 7) is -0.0169. The number of carbonyl (C=O) groups is 1. The third-order valence-electron chi connectivity index (χ3n) is 5.06. The number of carbonyl (C=O) groups excluding carboxylic acids is 1. The number of aromatic nitrogens is 2. The van der Waals surface area contributed by atoms with Crippen LogP contribution in [-0.4, -0.2) is 16.2 Å². The van der Waals surface area contributed by atoms with Gasteiger partial charge in [0, 0.05) is 10.0 Å². The highest BCUT2D eigenvalue weighted by Gasteiger charge is 2.44. The molecule has 1 fully saturated rings. The fraction of sp³-hybridized carbons (Fsp3) is 0.286. The smallest absolute Gasteiger partial charge is 0.317 e. The summed E-state index contributed by atoms with van der Waals surface area (Å²) in [7, 11) is 0. The Morgan fingerprint density at radius 1 is 1.04 bits per heavy atom. The zero-order chi connectivity index (χ0) is 18.7. The summed E-state index contributed by atoms with van der Waals surface area (Å²) in [5, 5.41) is 8.05. The van der Waals surface area contributed by atoms with Gasteiger partial charge in [-0.1, -0.05) is 59.1 Å². The fourth-order valence-electron chi connectivity index (χ4n) is 3.63. The summed E-state index contributed by atoms with van der Waals surface area (Å²) in [4.78, 5) is 12.9. The molecule has 0 radical (unpaired) electrons. The molecule has 0 saturated heterocycles. The van der Waals surface area contributed by atoms with E-state index in [-0.39, 0.29) is 12.6 Å². The van der Waals surface area contributed by atoms with Gasteiger partial charge in [0.1, 0.15) is 0 Å². The molecule has 4 rings (SSSR count). The number of esters is 1. The zero-order valence-electron chi connectivity index (χ0n) is 14.7. The van der Waals surface area contributed by atoms with E-state index in [0.29, 0.717) is 11.8 Å². The Morgan fingerprint density at radius 3 is 2.44 bits per heavy atom. The number of benzene rings is 2. The molecule has 1 heterocycles. The Morgan fingerprint density at radius 2 is 1.74 bits per heavy atom. The highest BCUT2D eigenvalue weighted by Crippen LogP contribution is 2.42. The molecular formula is C21H19BrN2O3. The molecule has 0 amide bonds. The van der Waals surface area contributed by atoms with Gasteiger partial charge in [0.2, 0.25) is 5.89 Å². The first-order valence-electron chi connectivity index (χ1n) is 8.98. The highest BCUT2D eigenvalue weighted by molar-refractivity contribution is 9.10. The molecule has 0 atom stereocenters. The molecule has 0 unspecified atom stereocenters. The molecule has 138 valence electrons. The summed E-state index contributed by atoms with van der Waals surface area (Å²) < 4.78 is 12.2. The molecule has 0 N–H and O–H groups in total. The third kappa shape index (κ3) is 3.67. The van der Waals surface area contributed by atoms with Crippen molar-refractivity contribution in [2.24, 2.45) is 0 Å². The van der Waals surface area contributed by atoms with Crippen LogP contribution in [0.1, 0.15) is 37.1 Å². The van der Waals surface area contributed by atoms with E-state index in [4.69, 9.17) is 9.15 Å². The predicted octanol–water partition coefficient (Wildman–Crippen LogP) is 5.05. The average Bonchev–Trinajstić information content (AvgIpc) is 3.38. The molecule has 6 heteroatoms. The van der Waals surface area contributed by atoms with E-state index in [1.165, 1.54) is 0 Å². The van der Waals surface area contributed by atoms with E-state index >= 15 is 0 Å². The number of hydrogen-bond acceptors (Lipinski definition) is 5. The van der Waals surface area contributed by atoms with E-state index < -0.39 is 5.41 Å². The average molecular weight is 427 g/mol. The van der Waals surface area contributed by atoms with Gasteiger partial charge in [-0.25, -0.2) is 0 Å². The van der Waals surface area contributed by atoms with Crippen molar-refractivity contribution in [3.63, 3.8) is 0 Å². The van der Waals surface area contributed by atoms with E-state index in [1.807, 2.05) is 54.6 Å². The van der Waals surface area contributed by atoms with E-state index in [9.17, 15) is 4.79 Å². The Balaban J connectivity index is 1.47. The van der Waals surface area contributed by atoms with Crippen LogP contribution in [-0.2, 0) is 21.6 Å². The zero-order valence-corrected chi connectivity index (χ0v) is 16.3. The summed E-state index contributed by atoms with van der Waals surface area (Å²) in [6, 6.07) is 17.5. The van der Waals surface area contributed by atoms with Crippen LogP contribution in [0.4, 0.5) is 0 Å². The topological polar surface area (TPSA) is 65.2 Å². The van der Waals surface area contributed by atoms with Gasteiger partial charge in [0.15, 0.2) is 6.61 Å². The van der Waals surface area contributed by atoms with Crippen molar-refractivity contribution in [3.05, 3.63) is 70.5 Å². The number of nitrogens with zero attached hydrogens (tertiary/aromatic N) is 2. The second-order valence-corrected chi connectivity index (χ2v) is 7.65. The molecule has 0 bridgehead atoms. The maximum absolute atomic E-state index is 12.9. The van der Waals surface area contributed by atoms with Crippen LogP contribution in [0.25, 0.3) is 11.5 Å². The van der Waals surface area contributed by atoms with Gasteiger partial charge < -0.3 is 9.15 Å². The number of halogens is 1. The van der Waals surface area contributed by atoms with Gasteiger partial charge >= 0.3 is 5.97 Å². The van der Waals surface area contributed by atoms with Gasteiger partial charge in [-0.15, -0.1) is 10.2 Å². The lowest BCUT2D eigenvalue weighted by atomic mass is 9.79. The maximum atomic E-state index is 12.9. The second kappa shape index (κ2) is 7.64. The minimum Gasteiger partial charge on any atom is -0.455 e. The van der Waals surface area contributed by atoms with Gasteiger partial charge in [-0.3, -0.25) is 4.79 Å². The lowest BCUT2D eigenvalue weighted by molar-refractivity contribution is -0.152. The monoisotopic (exact) mass is 426 g/mol. The maximum Gasteiger partial charge on any atom is 0.317 e. The van der Waals surface area contributed by atoms with Crippen molar-refractivity contribution in [1.82, 2.24) is 10.2 Å². The molecular weight excluding hydrogens is 408 g/mol. The minimum atomic E-state index is -0.560. The first-order valence-corrected chi connectivity index (χ1v) is 9.78. The number of ether oxygens (including phenoxy) is 1. The van der Waals surface area contributed by atoms with Gasteiger partial charge in [0.05, 0.1) is 5.41 Å². The van der Waals surface area contributed by atoms with Crippen molar-refractivity contribution in [1.29, 1.82) is 0 Å². The lowest BCUT2D eigenvalue weighted by Crippen LogP contribution is -2.34. The van der Waals surface area contributed by atoms with Crippen LogP contribution in [0, 0.1) is 0 Å². The molecule has 1 aliphatic rings. The molecule has 0 spiro atoms. The molecule has 0 aliphatic heterocycles. The van der Waals surface area contributed by atoms with Gasteiger partial charge in [0.25, 0.3) is 5.89 Å². The van der Waals surface area contributed by atoms with Crippen LogP contribution >= 0.6 is 15.9 Å². The SMILES string of the molecule is O=C(OCc1nnc(-c2ccc(Br)cc2)o1)C1(c2ccccc2)CCCC1. The van der Waals surface area contributed by atoms with E-state index in [1.54, 1.807) is 0 Å². The van der Waals surface area contributed by atoms with E-state index in [2.05, 4.69) is 26.1 Å². The highest BCUT2D eigenvalue weighted by atomic mass is 79.9. The number of rotatable bonds is 5. The standard InChI is InChI=1S/C21H19BrN2O3/c22-17-10-8-15(9-11-17)19-24-23-18(27-19)14-26-20(25)21(12-4-5-13-21)16-6-2-1-3-7-16/h1-3,6-11H,4-5,12-14H2.